The predicted octanol–water partition coefficient (Wildman–Crippen LogP) is -3.10. The summed E-state index contributed by atoms with van der Waals surface area (Å²) in [4.78, 5) is 86.4. The van der Waals surface area contributed by atoms with Crippen molar-refractivity contribution in [1.29, 1.82) is 0 Å². The molecule has 0 spiro atoms. The number of β-amino-alcohol motifs (C(OH)–C–C–N with tert-alkyl or cyclic N) is 1. The minimum absolute atomic E-state index is 0.0339. The Morgan fingerprint density at radius 2 is 1.54 bits per heavy atom. The molecule has 2 heterocycles. The van der Waals surface area contributed by atoms with Crippen LogP contribution in [-0.4, -0.2) is 118 Å². The van der Waals surface area contributed by atoms with Crippen molar-refractivity contribution in [3.8, 4) is 0 Å². The Labute approximate surface area is 237 Å². The molecule has 2 saturated heterocycles. The quantitative estimate of drug-likeness (QED) is 0.0958. The second-order valence-electron chi connectivity index (χ2n) is 10.6. The Balaban J connectivity index is 1.98. The Morgan fingerprint density at radius 1 is 0.927 bits per heavy atom. The number of nitrogens with one attached hydrogen (secondary N) is 5. The molecule has 0 saturated carbocycles. The van der Waals surface area contributed by atoms with Crippen LogP contribution in [0.2, 0.25) is 0 Å². The lowest BCUT2D eigenvalue weighted by atomic mass is 10.0. The highest BCUT2D eigenvalue weighted by molar-refractivity contribution is 5.95. The summed E-state index contributed by atoms with van der Waals surface area (Å²) in [7, 11) is 0. The number of hydrogen-bond donors (Lipinski definition) is 8. The molecule has 2 aliphatic heterocycles. The molecule has 16 heteroatoms. The summed E-state index contributed by atoms with van der Waals surface area (Å²) in [6.45, 7) is 3.21. The van der Waals surface area contributed by atoms with Crippen LogP contribution in [0.3, 0.4) is 0 Å². The van der Waals surface area contributed by atoms with Gasteiger partial charge in [-0.05, 0) is 38.1 Å². The number of nitrogens with zero attached hydrogens (tertiary/aromatic N) is 1. The molecule has 2 aliphatic rings. The number of rotatable bonds is 15. The normalized spacial score (nSPS) is 21.6. The van der Waals surface area contributed by atoms with E-state index in [1.54, 1.807) is 0 Å². The van der Waals surface area contributed by atoms with Gasteiger partial charge in [0.2, 0.25) is 29.5 Å². The van der Waals surface area contributed by atoms with E-state index < -0.39 is 72.8 Å². The number of carboxylic acids is 2. The summed E-state index contributed by atoms with van der Waals surface area (Å²) in [6, 6.07) is -4.05. The van der Waals surface area contributed by atoms with Gasteiger partial charge in [0.1, 0.15) is 18.1 Å². The molecule has 0 aromatic rings. The first-order valence-corrected chi connectivity index (χ1v) is 13.6. The largest absolute Gasteiger partial charge is 0.481 e. The third-order valence-corrected chi connectivity index (χ3v) is 6.71. The average molecular weight is 585 g/mol. The van der Waals surface area contributed by atoms with Crippen molar-refractivity contribution >= 4 is 41.5 Å². The van der Waals surface area contributed by atoms with Crippen LogP contribution in [0.25, 0.3) is 0 Å². The van der Waals surface area contributed by atoms with E-state index in [2.05, 4.69) is 26.6 Å². The number of aliphatic hydroxyl groups is 1. The highest BCUT2D eigenvalue weighted by atomic mass is 16.4. The third kappa shape index (κ3) is 11.0. The second-order valence-corrected chi connectivity index (χ2v) is 10.6. The molecule has 5 amide bonds. The van der Waals surface area contributed by atoms with E-state index in [1.807, 2.05) is 13.8 Å². The first-order valence-electron chi connectivity index (χ1n) is 13.6. The highest BCUT2D eigenvalue weighted by Gasteiger charge is 2.41. The van der Waals surface area contributed by atoms with Crippen LogP contribution >= 0.6 is 0 Å². The van der Waals surface area contributed by atoms with Gasteiger partial charge in [-0.2, -0.15) is 0 Å². The molecule has 5 atom stereocenters. The maximum absolute atomic E-state index is 13.4. The zero-order chi connectivity index (χ0) is 30.7. The molecule has 41 heavy (non-hydrogen) atoms. The van der Waals surface area contributed by atoms with Crippen LogP contribution in [0.5, 0.6) is 0 Å². The zero-order valence-corrected chi connectivity index (χ0v) is 23.2. The fourth-order valence-electron chi connectivity index (χ4n) is 4.70. The number of hydrogen-bond acceptors (Lipinski definition) is 9. The molecular weight excluding hydrogens is 544 g/mol. The molecular formula is C25H40N6O10. The Hall–Kier alpha value is -3.79. The summed E-state index contributed by atoms with van der Waals surface area (Å²) in [5.74, 6) is -5.88. The molecule has 0 aromatic heterocycles. The molecule has 0 unspecified atom stereocenters. The van der Waals surface area contributed by atoms with Crippen molar-refractivity contribution in [2.45, 2.75) is 82.6 Å². The van der Waals surface area contributed by atoms with Crippen LogP contribution in [0.15, 0.2) is 0 Å². The van der Waals surface area contributed by atoms with Crippen LogP contribution in [0.1, 0.15) is 52.4 Å². The van der Waals surface area contributed by atoms with Crippen molar-refractivity contribution < 1.29 is 48.9 Å². The Kier molecular flexibility index (Phi) is 12.9. The monoisotopic (exact) mass is 584 g/mol. The smallest absolute Gasteiger partial charge is 0.326 e. The minimum Gasteiger partial charge on any atom is -0.481 e. The van der Waals surface area contributed by atoms with E-state index in [0.29, 0.717) is 13.0 Å². The maximum atomic E-state index is 13.4. The summed E-state index contributed by atoms with van der Waals surface area (Å²) in [6.07, 6.45) is -0.267. The van der Waals surface area contributed by atoms with E-state index in [9.17, 15) is 43.8 Å². The number of likely N-dealkylation sites (tertiary alicyclic amines) is 1. The molecule has 0 bridgehead atoms. The zero-order valence-electron chi connectivity index (χ0n) is 23.2. The van der Waals surface area contributed by atoms with Gasteiger partial charge in [-0.1, -0.05) is 13.8 Å². The minimum atomic E-state index is -1.47. The van der Waals surface area contributed by atoms with Crippen molar-refractivity contribution in [3.63, 3.8) is 0 Å². The number of carbonyl (C=O) groups is 7. The first-order chi connectivity index (χ1) is 19.3. The van der Waals surface area contributed by atoms with Gasteiger partial charge in [0.05, 0.1) is 25.2 Å². The van der Waals surface area contributed by atoms with E-state index in [1.165, 1.54) is 0 Å². The highest BCUT2D eigenvalue weighted by Crippen LogP contribution is 2.21. The summed E-state index contributed by atoms with van der Waals surface area (Å²) in [5.41, 5.74) is 0. The second kappa shape index (κ2) is 15.9. The molecule has 230 valence electrons. The topological polar surface area (TPSA) is 244 Å². The summed E-state index contributed by atoms with van der Waals surface area (Å²) in [5, 5.41) is 40.7. The van der Waals surface area contributed by atoms with Gasteiger partial charge in [-0.15, -0.1) is 0 Å². The van der Waals surface area contributed by atoms with Crippen LogP contribution in [0, 0.1) is 5.92 Å². The number of carbonyl (C=O) groups excluding carboxylic acids is 5. The number of carboxylic acid groups (broad SMARTS) is 2. The fraction of sp³-hybridized carbons (Fsp3) is 0.720. The van der Waals surface area contributed by atoms with Gasteiger partial charge >= 0.3 is 11.9 Å². The molecule has 8 N–H and O–H groups in total. The van der Waals surface area contributed by atoms with E-state index >= 15 is 0 Å². The van der Waals surface area contributed by atoms with Crippen LogP contribution in [0.4, 0.5) is 0 Å². The summed E-state index contributed by atoms with van der Waals surface area (Å²) < 4.78 is 0. The predicted molar refractivity (Wildman–Crippen MR) is 141 cm³/mol. The molecule has 0 radical (unpaired) electrons. The number of aliphatic hydroxyl groups excluding tert-OH is 1. The molecule has 16 nitrogen and oxygen atoms in total. The van der Waals surface area contributed by atoms with Crippen molar-refractivity contribution in [2.24, 2.45) is 5.92 Å². The van der Waals surface area contributed by atoms with Gasteiger partial charge in [0.25, 0.3) is 0 Å². The maximum Gasteiger partial charge on any atom is 0.326 e. The van der Waals surface area contributed by atoms with Crippen molar-refractivity contribution in [2.75, 3.05) is 26.2 Å². The number of amides is 5. The van der Waals surface area contributed by atoms with Gasteiger partial charge in [0.15, 0.2) is 0 Å². The fourth-order valence-corrected chi connectivity index (χ4v) is 4.70. The van der Waals surface area contributed by atoms with E-state index in [0.717, 1.165) is 11.3 Å². The van der Waals surface area contributed by atoms with Gasteiger partial charge in [-0.25, -0.2) is 4.79 Å². The van der Waals surface area contributed by atoms with Gasteiger partial charge < -0.3 is 46.8 Å². The van der Waals surface area contributed by atoms with Crippen LogP contribution in [-0.2, 0) is 33.6 Å². The lowest BCUT2D eigenvalue weighted by Gasteiger charge is -2.29. The van der Waals surface area contributed by atoms with E-state index in [-0.39, 0.29) is 50.2 Å². The van der Waals surface area contributed by atoms with Crippen molar-refractivity contribution in [1.82, 2.24) is 31.5 Å². The molecule has 0 aromatic carbocycles. The first kappa shape index (κ1) is 33.4. The lowest BCUT2D eigenvalue weighted by molar-refractivity contribution is -0.143. The Morgan fingerprint density at radius 3 is 2.07 bits per heavy atom. The summed E-state index contributed by atoms with van der Waals surface area (Å²) >= 11 is 0. The third-order valence-electron chi connectivity index (χ3n) is 6.71. The molecule has 0 aliphatic carbocycles. The standard InChI is InChI=1S/C25H40N6O10/c1-13(2)8-17(30-20(34)10-27-22(37)15-4-3-7-26-15)24(39)31-12-14(32)9-18(31)23(38)28-11-19(33)29-16(25(40)41)5-6-21(35)36/h13-18,26,32H,3-12H2,1-2H3,(H,27,37)(H,28,38)(H,29,33)(H,30,34)(H,35,36)(H,40,41)/t14-,15+,16+,17+,18+/m1/s1. The van der Waals surface area contributed by atoms with Crippen molar-refractivity contribution in [3.05, 3.63) is 0 Å². The lowest BCUT2D eigenvalue weighted by Crippen LogP contribution is -2.56. The molecule has 2 fully saturated rings. The van der Waals surface area contributed by atoms with Crippen LogP contribution < -0.4 is 26.6 Å². The molecule has 2 rings (SSSR count). The van der Waals surface area contributed by atoms with Gasteiger partial charge in [-0.3, -0.25) is 28.8 Å². The van der Waals surface area contributed by atoms with E-state index in [4.69, 9.17) is 5.11 Å². The average Bonchev–Trinajstić information content (AvgIpc) is 3.57. The Bertz CT molecular complexity index is 999. The van der Waals surface area contributed by atoms with Gasteiger partial charge in [0, 0.05) is 19.4 Å². The SMILES string of the molecule is CC(C)C[C@H](NC(=O)CNC(=O)[C@@H]1CCCN1)C(=O)N1C[C@H](O)C[C@H]1C(=O)NCC(=O)N[C@@H](CCC(=O)O)C(=O)O. The number of aliphatic carboxylic acids is 2.